The van der Waals surface area contributed by atoms with Crippen LogP contribution in [0.5, 0.6) is 11.5 Å². The largest absolute Gasteiger partial charge is 0.497 e. The van der Waals surface area contributed by atoms with Crippen LogP contribution in [-0.2, 0) is 20.0 Å². The Morgan fingerprint density at radius 1 is 0.917 bits per heavy atom. The maximum atomic E-state index is 12.5. The summed E-state index contributed by atoms with van der Waals surface area (Å²) in [6, 6.07) is 9.36. The van der Waals surface area contributed by atoms with E-state index >= 15 is 0 Å². The number of hydrogen-bond donors (Lipinski definition) is 2. The van der Waals surface area contributed by atoms with Gasteiger partial charge < -0.3 is 9.47 Å². The van der Waals surface area contributed by atoms with E-state index in [1.165, 1.54) is 50.6 Å². The number of benzene rings is 2. The van der Waals surface area contributed by atoms with Gasteiger partial charge in [-0.05, 0) is 36.4 Å². The summed E-state index contributed by atoms with van der Waals surface area (Å²) < 4.78 is 59.9. The lowest BCUT2D eigenvalue weighted by Gasteiger charge is -2.13. The van der Waals surface area contributed by atoms with Gasteiger partial charge in [-0.3, -0.25) is 4.72 Å². The predicted molar refractivity (Wildman–Crippen MR) is 88.2 cm³/mol. The lowest BCUT2D eigenvalue weighted by atomic mass is 10.3. The lowest BCUT2D eigenvalue weighted by molar-refractivity contribution is 0.392. The highest BCUT2D eigenvalue weighted by atomic mass is 32.2. The van der Waals surface area contributed by atoms with Crippen LogP contribution in [0.3, 0.4) is 0 Å². The van der Waals surface area contributed by atoms with E-state index in [2.05, 4.69) is 4.72 Å². The van der Waals surface area contributed by atoms with Crippen molar-refractivity contribution >= 4 is 25.7 Å². The Labute approximate surface area is 140 Å². The van der Waals surface area contributed by atoms with Crippen LogP contribution < -0.4 is 19.3 Å². The van der Waals surface area contributed by atoms with Gasteiger partial charge in [-0.2, -0.15) is 0 Å². The molecule has 0 aliphatic heterocycles. The standard InChI is InChI=1S/C14H16N2O6S2/c1-21-11-5-8-13(22-2)14(9-11)24(19,20)16-10-3-6-12(7-4-10)23(15,17)18/h3-9,16H,1-2H3,(H2,15,17,18). The Balaban J connectivity index is 2.38. The highest BCUT2D eigenvalue weighted by molar-refractivity contribution is 7.92. The molecule has 0 saturated heterocycles. The molecule has 0 bridgehead atoms. The molecule has 2 aromatic carbocycles. The van der Waals surface area contributed by atoms with Crippen molar-refractivity contribution in [3.05, 3.63) is 42.5 Å². The van der Waals surface area contributed by atoms with Gasteiger partial charge >= 0.3 is 0 Å². The quantitative estimate of drug-likeness (QED) is 0.784. The first-order valence-corrected chi connectivity index (χ1v) is 9.58. The van der Waals surface area contributed by atoms with Gasteiger partial charge in [0.2, 0.25) is 10.0 Å². The fraction of sp³-hybridized carbons (Fsp3) is 0.143. The zero-order valence-corrected chi connectivity index (χ0v) is 14.5. The van der Waals surface area contributed by atoms with E-state index in [0.29, 0.717) is 5.75 Å². The molecule has 0 fully saturated rings. The second-order valence-corrected chi connectivity index (χ2v) is 7.90. The van der Waals surface area contributed by atoms with Gasteiger partial charge in [-0.25, -0.2) is 22.0 Å². The highest BCUT2D eigenvalue weighted by Gasteiger charge is 2.21. The first-order valence-electron chi connectivity index (χ1n) is 6.55. The van der Waals surface area contributed by atoms with E-state index in [1.807, 2.05) is 0 Å². The summed E-state index contributed by atoms with van der Waals surface area (Å²) in [6.45, 7) is 0. The molecule has 0 amide bonds. The second kappa shape index (κ2) is 6.67. The van der Waals surface area contributed by atoms with Crippen molar-refractivity contribution in [1.29, 1.82) is 0 Å². The first kappa shape index (κ1) is 18.0. The monoisotopic (exact) mass is 372 g/mol. The molecule has 0 aliphatic carbocycles. The smallest absolute Gasteiger partial charge is 0.265 e. The van der Waals surface area contributed by atoms with Gasteiger partial charge in [-0.15, -0.1) is 0 Å². The molecule has 3 N–H and O–H groups in total. The maximum Gasteiger partial charge on any atom is 0.265 e. The van der Waals surface area contributed by atoms with E-state index in [1.54, 1.807) is 6.07 Å². The third kappa shape index (κ3) is 3.96. The highest BCUT2D eigenvalue weighted by Crippen LogP contribution is 2.29. The van der Waals surface area contributed by atoms with Crippen LogP contribution in [0, 0.1) is 0 Å². The Morgan fingerprint density at radius 3 is 2.04 bits per heavy atom. The van der Waals surface area contributed by atoms with E-state index in [-0.39, 0.29) is 21.2 Å². The second-order valence-electron chi connectivity index (χ2n) is 4.69. The van der Waals surface area contributed by atoms with E-state index in [9.17, 15) is 16.8 Å². The van der Waals surface area contributed by atoms with E-state index < -0.39 is 20.0 Å². The minimum Gasteiger partial charge on any atom is -0.497 e. The molecule has 130 valence electrons. The Bertz CT molecular complexity index is 938. The number of methoxy groups -OCH3 is 2. The molecule has 24 heavy (non-hydrogen) atoms. The number of hydrogen-bond acceptors (Lipinski definition) is 6. The molecule has 0 radical (unpaired) electrons. The SMILES string of the molecule is COc1ccc(OC)c(S(=O)(=O)Nc2ccc(S(N)(=O)=O)cc2)c1. The molecule has 2 rings (SSSR count). The normalized spacial score (nSPS) is 11.8. The molecular weight excluding hydrogens is 356 g/mol. The fourth-order valence-corrected chi connectivity index (χ4v) is 3.68. The van der Waals surface area contributed by atoms with E-state index in [4.69, 9.17) is 14.6 Å². The molecule has 0 spiro atoms. The molecule has 8 nitrogen and oxygen atoms in total. The van der Waals surface area contributed by atoms with Crippen molar-refractivity contribution in [2.24, 2.45) is 5.14 Å². The summed E-state index contributed by atoms with van der Waals surface area (Å²) in [7, 11) is -5.06. The molecular formula is C14H16N2O6S2. The summed E-state index contributed by atoms with van der Waals surface area (Å²) in [4.78, 5) is -0.232. The molecule has 0 aliphatic rings. The van der Waals surface area contributed by atoms with Gasteiger partial charge in [-0.1, -0.05) is 0 Å². The number of ether oxygens (including phenoxy) is 2. The number of primary sulfonamides is 1. The molecule has 0 heterocycles. The van der Waals surface area contributed by atoms with Crippen LogP contribution >= 0.6 is 0 Å². The van der Waals surface area contributed by atoms with Crippen LogP contribution in [0.4, 0.5) is 5.69 Å². The average Bonchev–Trinajstić information content (AvgIpc) is 2.53. The minimum atomic E-state index is -3.97. The number of rotatable bonds is 6. The number of sulfonamides is 2. The zero-order valence-electron chi connectivity index (χ0n) is 12.9. The summed E-state index contributed by atoms with van der Waals surface area (Å²) >= 11 is 0. The molecule has 2 aromatic rings. The fourth-order valence-electron chi connectivity index (χ4n) is 1.92. The summed E-state index contributed by atoms with van der Waals surface area (Å²) in [6.07, 6.45) is 0. The minimum absolute atomic E-state index is 0.111. The predicted octanol–water partition coefficient (Wildman–Crippen LogP) is 1.15. The molecule has 0 atom stereocenters. The third-order valence-electron chi connectivity index (χ3n) is 3.10. The van der Waals surface area contributed by atoms with Crippen LogP contribution in [0.1, 0.15) is 0 Å². The Morgan fingerprint density at radius 2 is 1.54 bits per heavy atom. The maximum absolute atomic E-state index is 12.5. The molecule has 0 unspecified atom stereocenters. The molecule has 10 heteroatoms. The van der Waals surface area contributed by atoms with Crippen molar-refractivity contribution < 1.29 is 26.3 Å². The van der Waals surface area contributed by atoms with Crippen LogP contribution in [0.25, 0.3) is 0 Å². The van der Waals surface area contributed by atoms with Gasteiger partial charge in [0.25, 0.3) is 10.0 Å². The van der Waals surface area contributed by atoms with Crippen molar-refractivity contribution in [3.63, 3.8) is 0 Å². The van der Waals surface area contributed by atoms with Crippen LogP contribution in [-0.4, -0.2) is 31.1 Å². The van der Waals surface area contributed by atoms with Crippen molar-refractivity contribution in [2.45, 2.75) is 9.79 Å². The topological polar surface area (TPSA) is 125 Å². The van der Waals surface area contributed by atoms with Crippen molar-refractivity contribution in [2.75, 3.05) is 18.9 Å². The Kier molecular flexibility index (Phi) is 5.02. The average molecular weight is 372 g/mol. The molecule has 0 aromatic heterocycles. The summed E-state index contributed by atoms with van der Waals surface area (Å²) in [5, 5.41) is 5.00. The van der Waals surface area contributed by atoms with Crippen LogP contribution in [0.2, 0.25) is 0 Å². The first-order chi connectivity index (χ1) is 11.2. The summed E-state index contributed by atoms with van der Waals surface area (Å²) in [5.74, 6) is 0.491. The lowest BCUT2D eigenvalue weighted by Crippen LogP contribution is -2.15. The van der Waals surface area contributed by atoms with Gasteiger partial charge in [0.15, 0.2) is 0 Å². The van der Waals surface area contributed by atoms with Gasteiger partial charge in [0.1, 0.15) is 16.4 Å². The zero-order chi connectivity index (χ0) is 18.0. The molecule has 0 saturated carbocycles. The third-order valence-corrected chi connectivity index (χ3v) is 5.43. The van der Waals surface area contributed by atoms with Crippen molar-refractivity contribution in [1.82, 2.24) is 0 Å². The van der Waals surface area contributed by atoms with Crippen molar-refractivity contribution in [3.8, 4) is 11.5 Å². The van der Waals surface area contributed by atoms with Crippen LogP contribution in [0.15, 0.2) is 52.3 Å². The Hall–Kier alpha value is -2.30. The summed E-state index contributed by atoms with van der Waals surface area (Å²) in [5.41, 5.74) is 0.173. The van der Waals surface area contributed by atoms with Gasteiger partial charge in [0, 0.05) is 11.8 Å². The number of nitrogens with two attached hydrogens (primary N) is 1. The number of anilines is 1. The number of nitrogens with one attached hydrogen (secondary N) is 1. The van der Waals surface area contributed by atoms with Gasteiger partial charge in [0.05, 0.1) is 19.1 Å². The van der Waals surface area contributed by atoms with E-state index in [0.717, 1.165) is 0 Å².